The van der Waals surface area contributed by atoms with Gasteiger partial charge in [-0.25, -0.2) is 4.98 Å². The Hall–Kier alpha value is -1.83. The number of halogens is 1. The van der Waals surface area contributed by atoms with Crippen molar-refractivity contribution in [1.29, 1.82) is 0 Å². The van der Waals surface area contributed by atoms with E-state index in [1.165, 1.54) is 24.0 Å². The highest BCUT2D eigenvalue weighted by Crippen LogP contribution is 2.18. The van der Waals surface area contributed by atoms with Crippen LogP contribution in [0, 0.1) is 0 Å². The number of aliphatic imine (C=N–C) groups is 1. The molecule has 2 heterocycles. The number of nitrogens with one attached hydrogen (secondary N) is 2. The number of pyridine rings is 1. The van der Waals surface area contributed by atoms with Crippen molar-refractivity contribution in [2.75, 3.05) is 31.6 Å². The maximum absolute atomic E-state index is 4.51. The molecule has 0 aliphatic carbocycles. The molecule has 2 N–H and O–H groups in total. The fourth-order valence-electron chi connectivity index (χ4n) is 3.24. The normalized spacial score (nSPS) is 14.0. The summed E-state index contributed by atoms with van der Waals surface area (Å²) in [4.78, 5) is 11.2. The zero-order valence-corrected chi connectivity index (χ0v) is 18.4. The first kappa shape index (κ1) is 21.5. The Balaban J connectivity index is 0.00000261. The minimum atomic E-state index is 0. The van der Waals surface area contributed by atoms with Gasteiger partial charge in [0.25, 0.3) is 0 Å². The lowest BCUT2D eigenvalue weighted by Gasteiger charge is -2.17. The van der Waals surface area contributed by atoms with Crippen molar-refractivity contribution in [3.8, 4) is 0 Å². The number of hydrogen-bond donors (Lipinski definition) is 2. The summed E-state index contributed by atoms with van der Waals surface area (Å²) < 4.78 is 0. The molecule has 0 saturated carbocycles. The van der Waals surface area contributed by atoms with Crippen LogP contribution in [0.4, 0.5) is 5.82 Å². The molecule has 3 rings (SSSR count). The molecule has 1 aromatic heterocycles. The molecule has 0 spiro atoms. The van der Waals surface area contributed by atoms with E-state index >= 15 is 0 Å². The predicted octanol–water partition coefficient (Wildman–Crippen LogP) is 3.60. The number of guanidine groups is 1. The van der Waals surface area contributed by atoms with E-state index in [0.29, 0.717) is 0 Å². The number of anilines is 1. The molecule has 27 heavy (non-hydrogen) atoms. The molecule has 5 nitrogen and oxygen atoms in total. The molecule has 1 aromatic carbocycles. The van der Waals surface area contributed by atoms with Gasteiger partial charge in [-0.1, -0.05) is 30.3 Å². The quantitative estimate of drug-likeness (QED) is 0.276. The van der Waals surface area contributed by atoms with E-state index < -0.39 is 0 Å². The van der Waals surface area contributed by atoms with Gasteiger partial charge in [0.2, 0.25) is 0 Å². The smallest absolute Gasteiger partial charge is 0.191 e. The van der Waals surface area contributed by atoms with Crippen molar-refractivity contribution in [3.63, 3.8) is 0 Å². The second kappa shape index (κ2) is 11.8. The van der Waals surface area contributed by atoms with E-state index in [9.17, 15) is 0 Å². The third-order valence-electron chi connectivity index (χ3n) is 4.70. The third kappa shape index (κ3) is 7.01. The van der Waals surface area contributed by atoms with Crippen LogP contribution in [0.5, 0.6) is 0 Å². The minimum Gasteiger partial charge on any atom is -0.357 e. The average Bonchev–Trinajstić information content (AvgIpc) is 3.23. The largest absolute Gasteiger partial charge is 0.357 e. The molecule has 0 unspecified atom stereocenters. The average molecular weight is 479 g/mol. The van der Waals surface area contributed by atoms with Crippen LogP contribution in [0.15, 0.2) is 53.7 Å². The van der Waals surface area contributed by atoms with E-state index in [1.807, 2.05) is 13.2 Å². The third-order valence-corrected chi connectivity index (χ3v) is 4.70. The van der Waals surface area contributed by atoms with E-state index in [-0.39, 0.29) is 24.0 Å². The lowest BCUT2D eigenvalue weighted by molar-refractivity contribution is 0.741. The summed E-state index contributed by atoms with van der Waals surface area (Å²) in [5.74, 6) is 1.94. The van der Waals surface area contributed by atoms with E-state index in [4.69, 9.17) is 0 Å². The fraction of sp³-hybridized carbons (Fsp3) is 0.429. The van der Waals surface area contributed by atoms with Gasteiger partial charge in [-0.05, 0) is 48.9 Å². The monoisotopic (exact) mass is 479 g/mol. The molecule has 0 bridgehead atoms. The highest BCUT2D eigenvalue weighted by Gasteiger charge is 2.13. The van der Waals surface area contributed by atoms with Crippen LogP contribution in [0.3, 0.4) is 0 Å². The first-order chi connectivity index (χ1) is 12.8. The van der Waals surface area contributed by atoms with Crippen LogP contribution in [-0.4, -0.2) is 37.6 Å². The molecule has 1 fully saturated rings. The standard InChI is InChI=1S/C21H29N5.HI/c1-22-21(24-12-7-10-18-8-3-2-4-9-18)25-17-19-11-13-23-20(16-19)26-14-5-6-15-26;/h2-4,8-9,11,13,16H,5-7,10,12,14-15,17H2,1H3,(H2,22,24,25);1H. The molecular formula is C21H30IN5. The zero-order valence-electron chi connectivity index (χ0n) is 16.0. The van der Waals surface area contributed by atoms with Gasteiger partial charge in [-0.2, -0.15) is 0 Å². The Labute approximate surface area is 179 Å². The summed E-state index contributed by atoms with van der Waals surface area (Å²) >= 11 is 0. The topological polar surface area (TPSA) is 52.6 Å². The summed E-state index contributed by atoms with van der Waals surface area (Å²) in [5.41, 5.74) is 2.61. The second-order valence-electron chi connectivity index (χ2n) is 6.66. The highest BCUT2D eigenvalue weighted by atomic mass is 127. The molecular weight excluding hydrogens is 449 g/mol. The predicted molar refractivity (Wildman–Crippen MR) is 124 cm³/mol. The molecule has 0 radical (unpaired) electrons. The van der Waals surface area contributed by atoms with Gasteiger partial charge in [-0.3, -0.25) is 4.99 Å². The summed E-state index contributed by atoms with van der Waals surface area (Å²) in [6.07, 6.45) is 6.60. The SMILES string of the molecule is CN=C(NCCCc1ccccc1)NCc1ccnc(N2CCCC2)c1.I. The molecule has 1 saturated heterocycles. The van der Waals surface area contributed by atoms with Crippen molar-refractivity contribution in [2.45, 2.75) is 32.2 Å². The summed E-state index contributed by atoms with van der Waals surface area (Å²) in [6.45, 7) is 3.90. The second-order valence-corrected chi connectivity index (χ2v) is 6.66. The lowest BCUT2D eigenvalue weighted by atomic mass is 10.1. The van der Waals surface area contributed by atoms with Crippen LogP contribution < -0.4 is 15.5 Å². The Morgan fingerprint density at radius 1 is 1.07 bits per heavy atom. The van der Waals surface area contributed by atoms with Gasteiger partial charge in [0, 0.05) is 39.4 Å². The van der Waals surface area contributed by atoms with E-state index in [0.717, 1.165) is 50.8 Å². The molecule has 0 amide bonds. The van der Waals surface area contributed by atoms with Crippen LogP contribution in [-0.2, 0) is 13.0 Å². The number of aryl methyl sites for hydroxylation is 1. The first-order valence-corrected chi connectivity index (χ1v) is 9.53. The maximum atomic E-state index is 4.51. The van der Waals surface area contributed by atoms with Crippen LogP contribution in [0.1, 0.15) is 30.4 Å². The minimum absolute atomic E-state index is 0. The van der Waals surface area contributed by atoms with Gasteiger partial charge in [0.05, 0.1) is 0 Å². The zero-order chi connectivity index (χ0) is 18.0. The van der Waals surface area contributed by atoms with Crippen molar-refractivity contribution in [3.05, 3.63) is 59.8 Å². The van der Waals surface area contributed by atoms with Crippen molar-refractivity contribution in [2.24, 2.45) is 4.99 Å². The Bertz CT molecular complexity index is 699. The molecule has 2 aromatic rings. The maximum Gasteiger partial charge on any atom is 0.191 e. The highest BCUT2D eigenvalue weighted by molar-refractivity contribution is 14.0. The first-order valence-electron chi connectivity index (χ1n) is 9.53. The lowest BCUT2D eigenvalue weighted by Crippen LogP contribution is -2.37. The van der Waals surface area contributed by atoms with Crippen molar-refractivity contribution < 1.29 is 0 Å². The number of nitrogens with zero attached hydrogens (tertiary/aromatic N) is 3. The summed E-state index contributed by atoms with van der Waals surface area (Å²) in [5, 5.41) is 6.79. The Morgan fingerprint density at radius 2 is 1.85 bits per heavy atom. The van der Waals surface area contributed by atoms with Crippen LogP contribution in [0.25, 0.3) is 0 Å². The number of aromatic nitrogens is 1. The molecule has 1 aliphatic heterocycles. The van der Waals surface area contributed by atoms with Crippen molar-refractivity contribution in [1.82, 2.24) is 15.6 Å². The van der Waals surface area contributed by atoms with Gasteiger partial charge >= 0.3 is 0 Å². The summed E-state index contributed by atoms with van der Waals surface area (Å²) in [6, 6.07) is 14.8. The van der Waals surface area contributed by atoms with Crippen LogP contribution >= 0.6 is 24.0 Å². The van der Waals surface area contributed by atoms with Gasteiger partial charge in [-0.15, -0.1) is 24.0 Å². The Morgan fingerprint density at radius 3 is 2.59 bits per heavy atom. The van der Waals surface area contributed by atoms with Crippen LogP contribution in [0.2, 0.25) is 0 Å². The van der Waals surface area contributed by atoms with E-state index in [1.54, 1.807) is 0 Å². The summed E-state index contributed by atoms with van der Waals surface area (Å²) in [7, 11) is 1.81. The van der Waals surface area contributed by atoms with E-state index in [2.05, 4.69) is 68.0 Å². The fourth-order valence-corrected chi connectivity index (χ4v) is 3.24. The molecule has 6 heteroatoms. The molecule has 1 aliphatic rings. The van der Waals surface area contributed by atoms with Gasteiger partial charge in [0.1, 0.15) is 5.82 Å². The number of hydrogen-bond acceptors (Lipinski definition) is 3. The Kier molecular flexibility index (Phi) is 9.38. The van der Waals surface area contributed by atoms with Crippen molar-refractivity contribution >= 4 is 35.8 Å². The van der Waals surface area contributed by atoms with Gasteiger partial charge < -0.3 is 15.5 Å². The van der Waals surface area contributed by atoms with Gasteiger partial charge in [0.15, 0.2) is 5.96 Å². The molecule has 146 valence electrons. The number of benzene rings is 1. The molecule has 0 atom stereocenters. The number of rotatable bonds is 7.